The molecule has 2 aliphatic rings. The molecular weight excluding hydrogens is 320 g/mol. The first-order valence-electron chi connectivity index (χ1n) is 7.62. The molecule has 2 bridgehead atoms. The minimum atomic E-state index is -0.852. The number of aliphatic carboxylic acids is 1. The third-order valence-corrected chi connectivity index (χ3v) is 4.60. The van der Waals surface area contributed by atoms with Gasteiger partial charge in [0.05, 0.1) is 36.4 Å². The van der Waals surface area contributed by atoms with Crippen LogP contribution in [0.5, 0.6) is 0 Å². The molecule has 0 aromatic heterocycles. The summed E-state index contributed by atoms with van der Waals surface area (Å²) < 4.78 is 5.66. The minimum absolute atomic E-state index is 0.0128. The number of nitrogens with zero attached hydrogens (tertiary/aromatic N) is 2. The first-order chi connectivity index (χ1) is 11.0. The van der Waals surface area contributed by atoms with Crippen LogP contribution in [0.25, 0.3) is 0 Å². The van der Waals surface area contributed by atoms with Crippen LogP contribution in [0.4, 0.5) is 0 Å². The second-order valence-corrected chi connectivity index (χ2v) is 6.49. The third-order valence-electron chi connectivity index (χ3n) is 4.27. The number of carboxylic acid groups (broad SMARTS) is 1. The van der Waals surface area contributed by atoms with E-state index in [0.717, 1.165) is 0 Å². The van der Waals surface area contributed by atoms with Crippen molar-refractivity contribution in [2.24, 2.45) is 5.92 Å². The lowest BCUT2D eigenvalue weighted by Gasteiger charge is -2.30. The van der Waals surface area contributed by atoms with Crippen molar-refractivity contribution in [1.82, 2.24) is 9.80 Å². The van der Waals surface area contributed by atoms with E-state index in [4.69, 9.17) is 21.4 Å². The summed E-state index contributed by atoms with van der Waals surface area (Å²) in [4.78, 5) is 27.6. The van der Waals surface area contributed by atoms with E-state index in [1.807, 2.05) is 4.90 Å². The van der Waals surface area contributed by atoms with Gasteiger partial charge in [0.25, 0.3) is 5.91 Å². The predicted octanol–water partition coefficient (Wildman–Crippen LogP) is 1.20. The molecular formula is C16H19ClN2O4. The largest absolute Gasteiger partial charge is 0.480 e. The molecule has 1 N–H and O–H groups in total. The summed E-state index contributed by atoms with van der Waals surface area (Å²) in [6, 6.07) is 6.83. The lowest BCUT2D eigenvalue weighted by Crippen LogP contribution is -2.47. The quantitative estimate of drug-likeness (QED) is 0.896. The molecule has 1 aromatic rings. The van der Waals surface area contributed by atoms with Crippen LogP contribution in [0, 0.1) is 5.92 Å². The van der Waals surface area contributed by atoms with Crippen LogP contribution in [-0.2, 0) is 9.53 Å². The Balaban J connectivity index is 1.84. The van der Waals surface area contributed by atoms with Gasteiger partial charge >= 0.3 is 5.97 Å². The lowest BCUT2D eigenvalue weighted by molar-refractivity contribution is -0.138. The molecule has 124 valence electrons. The molecule has 23 heavy (non-hydrogen) atoms. The smallest absolute Gasteiger partial charge is 0.317 e. The summed E-state index contributed by atoms with van der Waals surface area (Å²) in [5.41, 5.74) is 0.478. The summed E-state index contributed by atoms with van der Waals surface area (Å²) in [6.45, 7) is 2.63. The molecule has 1 amide bonds. The van der Waals surface area contributed by atoms with Gasteiger partial charge in [-0.2, -0.15) is 0 Å². The van der Waals surface area contributed by atoms with Crippen molar-refractivity contribution in [1.29, 1.82) is 0 Å². The highest BCUT2D eigenvalue weighted by atomic mass is 35.5. The average molecular weight is 339 g/mol. The van der Waals surface area contributed by atoms with Crippen LogP contribution in [0.3, 0.4) is 0 Å². The number of fused-ring (bicyclic) bond motifs is 3. The summed E-state index contributed by atoms with van der Waals surface area (Å²) in [6.07, 6.45) is 0. The standard InChI is InChI=1S/C16H19ClN2O4/c17-14-4-2-1-3-13(14)16(22)19-6-11-5-18(8-15(20)21)7-12(19)10-23-9-11/h1-4,11-12H,5-10H2,(H,20,21)/t11-,12-/m0/s1. The van der Waals surface area contributed by atoms with E-state index in [1.54, 1.807) is 29.2 Å². The van der Waals surface area contributed by atoms with Gasteiger partial charge in [0.1, 0.15) is 0 Å². The highest BCUT2D eigenvalue weighted by molar-refractivity contribution is 6.33. The highest BCUT2D eigenvalue weighted by Gasteiger charge is 2.36. The number of amides is 1. The van der Waals surface area contributed by atoms with Crippen LogP contribution in [-0.4, -0.2) is 72.2 Å². The summed E-state index contributed by atoms with van der Waals surface area (Å²) in [5.74, 6) is -0.864. The molecule has 0 aliphatic carbocycles. The highest BCUT2D eigenvalue weighted by Crippen LogP contribution is 2.24. The normalized spacial score (nSPS) is 25.0. The van der Waals surface area contributed by atoms with Crippen LogP contribution in [0.15, 0.2) is 24.3 Å². The Morgan fingerprint density at radius 2 is 2.00 bits per heavy atom. The van der Waals surface area contributed by atoms with Crippen LogP contribution in [0.2, 0.25) is 5.02 Å². The van der Waals surface area contributed by atoms with E-state index in [2.05, 4.69) is 0 Å². The van der Waals surface area contributed by atoms with Crippen molar-refractivity contribution in [3.63, 3.8) is 0 Å². The van der Waals surface area contributed by atoms with E-state index in [1.165, 1.54) is 0 Å². The Morgan fingerprint density at radius 1 is 1.22 bits per heavy atom. The molecule has 2 heterocycles. The van der Waals surface area contributed by atoms with Crippen LogP contribution >= 0.6 is 11.6 Å². The Bertz CT molecular complexity index is 609. The fraction of sp³-hybridized carbons (Fsp3) is 0.500. The van der Waals surface area contributed by atoms with Gasteiger partial charge in [0.2, 0.25) is 0 Å². The zero-order valence-corrected chi connectivity index (χ0v) is 13.4. The van der Waals surface area contributed by atoms with Crippen molar-refractivity contribution in [3.05, 3.63) is 34.9 Å². The lowest BCUT2D eigenvalue weighted by atomic mass is 10.1. The molecule has 0 unspecified atom stereocenters. The zero-order valence-electron chi connectivity index (χ0n) is 12.7. The number of carbonyl (C=O) groups is 2. The van der Waals surface area contributed by atoms with Gasteiger partial charge in [-0.1, -0.05) is 23.7 Å². The van der Waals surface area contributed by atoms with Crippen LogP contribution < -0.4 is 0 Å². The summed E-state index contributed by atoms with van der Waals surface area (Å²) in [5, 5.41) is 9.47. The van der Waals surface area contributed by atoms with Gasteiger partial charge in [-0.3, -0.25) is 14.5 Å². The monoisotopic (exact) mass is 338 g/mol. The van der Waals surface area contributed by atoms with E-state index >= 15 is 0 Å². The number of ether oxygens (including phenoxy) is 1. The maximum atomic E-state index is 12.9. The molecule has 7 heteroatoms. The molecule has 0 radical (unpaired) electrons. The van der Waals surface area contributed by atoms with E-state index < -0.39 is 5.97 Å². The number of hydrogen-bond donors (Lipinski definition) is 1. The molecule has 3 rings (SSSR count). The molecule has 2 fully saturated rings. The number of rotatable bonds is 3. The maximum Gasteiger partial charge on any atom is 0.317 e. The topological polar surface area (TPSA) is 70.1 Å². The van der Waals surface area contributed by atoms with Crippen molar-refractivity contribution in [3.8, 4) is 0 Å². The Labute approximate surface area is 139 Å². The number of carbonyl (C=O) groups excluding carboxylic acids is 1. The molecule has 1 aromatic carbocycles. The van der Waals surface area contributed by atoms with Crippen molar-refractivity contribution in [2.75, 3.05) is 39.4 Å². The first kappa shape index (κ1) is 16.2. The maximum absolute atomic E-state index is 12.9. The van der Waals surface area contributed by atoms with Gasteiger partial charge in [0, 0.05) is 25.6 Å². The molecule has 0 spiro atoms. The van der Waals surface area contributed by atoms with E-state index in [-0.39, 0.29) is 24.4 Å². The number of carboxylic acids is 1. The average Bonchev–Trinajstić information content (AvgIpc) is 2.77. The van der Waals surface area contributed by atoms with E-state index in [0.29, 0.717) is 43.4 Å². The van der Waals surface area contributed by atoms with Gasteiger partial charge in [-0.05, 0) is 12.1 Å². The fourth-order valence-electron chi connectivity index (χ4n) is 3.30. The zero-order chi connectivity index (χ0) is 16.4. The van der Waals surface area contributed by atoms with Gasteiger partial charge in [-0.15, -0.1) is 0 Å². The SMILES string of the molecule is O=C(O)CN1C[C@@H]2COC[C@H](C1)N(C(=O)c1ccccc1Cl)C2. The second kappa shape index (κ2) is 6.86. The second-order valence-electron chi connectivity index (χ2n) is 6.08. The van der Waals surface area contributed by atoms with E-state index in [9.17, 15) is 9.59 Å². The molecule has 2 saturated heterocycles. The van der Waals surface area contributed by atoms with Crippen molar-refractivity contribution in [2.45, 2.75) is 6.04 Å². The summed E-state index contributed by atoms with van der Waals surface area (Å²) >= 11 is 6.15. The summed E-state index contributed by atoms with van der Waals surface area (Å²) in [7, 11) is 0. The molecule has 0 saturated carbocycles. The molecule has 6 nitrogen and oxygen atoms in total. The van der Waals surface area contributed by atoms with Gasteiger partial charge in [0.15, 0.2) is 0 Å². The van der Waals surface area contributed by atoms with Gasteiger partial charge in [-0.25, -0.2) is 0 Å². The van der Waals surface area contributed by atoms with Crippen LogP contribution in [0.1, 0.15) is 10.4 Å². The van der Waals surface area contributed by atoms with Crippen molar-refractivity contribution >= 4 is 23.5 Å². The number of hydrogen-bond acceptors (Lipinski definition) is 4. The van der Waals surface area contributed by atoms with Gasteiger partial charge < -0.3 is 14.7 Å². The predicted molar refractivity (Wildman–Crippen MR) is 84.7 cm³/mol. The number of halogens is 1. The molecule has 2 aliphatic heterocycles. The third kappa shape index (κ3) is 3.65. The fourth-order valence-corrected chi connectivity index (χ4v) is 3.52. The molecule has 2 atom stereocenters. The Hall–Kier alpha value is -1.63. The number of benzene rings is 1. The Kier molecular flexibility index (Phi) is 4.84. The first-order valence-corrected chi connectivity index (χ1v) is 8.00. The van der Waals surface area contributed by atoms with Crippen molar-refractivity contribution < 1.29 is 19.4 Å². The minimum Gasteiger partial charge on any atom is -0.480 e. The Morgan fingerprint density at radius 3 is 2.74 bits per heavy atom.